The molecule has 5 nitrogen and oxygen atoms in total. The van der Waals surface area contributed by atoms with Crippen molar-refractivity contribution in [2.24, 2.45) is 0 Å². The lowest BCUT2D eigenvalue weighted by atomic mass is 10.1. The largest absolute Gasteiger partial charge is 0.394 e. The molecule has 0 spiro atoms. The third-order valence-electron chi connectivity index (χ3n) is 3.43. The normalized spacial score (nSPS) is 12.3. The molecule has 0 aliphatic heterocycles. The number of fused-ring (bicyclic) bond motifs is 1. The average molecular weight is 350 g/mol. The van der Waals surface area contributed by atoms with Crippen LogP contribution in [0.2, 0.25) is 10.0 Å². The van der Waals surface area contributed by atoms with E-state index in [9.17, 15) is 9.90 Å². The van der Waals surface area contributed by atoms with Crippen LogP contribution in [-0.2, 0) is 0 Å². The van der Waals surface area contributed by atoms with Gasteiger partial charge in [0, 0.05) is 28.6 Å². The van der Waals surface area contributed by atoms with E-state index >= 15 is 0 Å². The molecule has 1 atom stereocenters. The number of amides is 1. The van der Waals surface area contributed by atoms with Crippen molar-refractivity contribution in [2.75, 3.05) is 6.61 Å². The van der Waals surface area contributed by atoms with Gasteiger partial charge < -0.3 is 14.8 Å². The van der Waals surface area contributed by atoms with E-state index in [4.69, 9.17) is 23.2 Å². The lowest BCUT2D eigenvalue weighted by Crippen LogP contribution is -2.31. The van der Waals surface area contributed by atoms with Crippen molar-refractivity contribution in [3.05, 3.63) is 70.1 Å². The summed E-state index contributed by atoms with van der Waals surface area (Å²) in [5.74, 6) is -0.309. The summed E-state index contributed by atoms with van der Waals surface area (Å²) in [6.45, 7) is -0.268. The number of aromatic nitrogens is 2. The van der Waals surface area contributed by atoms with Crippen LogP contribution in [0.4, 0.5) is 0 Å². The molecule has 0 radical (unpaired) electrons. The molecule has 0 fully saturated rings. The summed E-state index contributed by atoms with van der Waals surface area (Å²) < 4.78 is 1.75. The monoisotopic (exact) mass is 349 g/mol. The number of nitrogens with one attached hydrogen (secondary N) is 1. The van der Waals surface area contributed by atoms with Gasteiger partial charge in [0.15, 0.2) is 0 Å². The first-order chi connectivity index (χ1) is 11.1. The first kappa shape index (κ1) is 15.8. The predicted molar refractivity (Wildman–Crippen MR) is 88.9 cm³/mol. The highest BCUT2D eigenvalue weighted by molar-refractivity contribution is 6.34. The summed E-state index contributed by atoms with van der Waals surface area (Å²) in [5, 5.41) is 13.2. The van der Waals surface area contributed by atoms with Crippen molar-refractivity contribution < 1.29 is 9.90 Å². The smallest absolute Gasteiger partial charge is 0.253 e. The number of rotatable bonds is 4. The Hall–Kier alpha value is -2.08. The summed E-state index contributed by atoms with van der Waals surface area (Å²) >= 11 is 11.9. The maximum Gasteiger partial charge on any atom is 0.253 e. The number of pyridine rings is 1. The Bertz CT molecular complexity index is 843. The molecule has 2 heterocycles. The van der Waals surface area contributed by atoms with Gasteiger partial charge in [-0.1, -0.05) is 23.2 Å². The van der Waals surface area contributed by atoms with Gasteiger partial charge in [-0.15, -0.1) is 0 Å². The van der Waals surface area contributed by atoms with Crippen LogP contribution >= 0.6 is 23.2 Å². The number of halogens is 2. The molecule has 3 rings (SSSR count). The molecule has 0 saturated carbocycles. The van der Waals surface area contributed by atoms with Gasteiger partial charge in [0.1, 0.15) is 5.65 Å². The highest BCUT2D eigenvalue weighted by atomic mass is 35.5. The molecule has 2 aromatic heterocycles. The van der Waals surface area contributed by atoms with E-state index in [2.05, 4.69) is 10.3 Å². The summed E-state index contributed by atoms with van der Waals surface area (Å²) in [4.78, 5) is 16.5. The fourth-order valence-electron chi connectivity index (χ4n) is 2.31. The molecular weight excluding hydrogens is 337 g/mol. The molecule has 1 amide bonds. The fourth-order valence-corrected chi connectivity index (χ4v) is 2.85. The zero-order valence-electron chi connectivity index (χ0n) is 11.9. The van der Waals surface area contributed by atoms with Gasteiger partial charge in [0.05, 0.1) is 18.2 Å². The van der Waals surface area contributed by atoms with Crippen molar-refractivity contribution >= 4 is 34.8 Å². The van der Waals surface area contributed by atoms with Gasteiger partial charge in [-0.05, 0) is 35.9 Å². The van der Waals surface area contributed by atoms with Crippen molar-refractivity contribution in [1.82, 2.24) is 14.7 Å². The van der Waals surface area contributed by atoms with Gasteiger partial charge in [-0.3, -0.25) is 4.79 Å². The third-order valence-corrected chi connectivity index (χ3v) is 3.86. The molecule has 0 unspecified atom stereocenters. The summed E-state index contributed by atoms with van der Waals surface area (Å²) in [5.41, 5.74) is 1.85. The summed E-state index contributed by atoms with van der Waals surface area (Å²) in [6.07, 6.45) is 5.09. The molecule has 7 heteroatoms. The molecule has 1 aromatic carbocycles. The molecular formula is C16H13Cl2N3O2. The lowest BCUT2D eigenvalue weighted by Gasteiger charge is -2.17. The van der Waals surface area contributed by atoms with Crippen LogP contribution in [-0.4, -0.2) is 27.0 Å². The van der Waals surface area contributed by atoms with E-state index in [1.807, 2.05) is 0 Å². The molecule has 23 heavy (non-hydrogen) atoms. The Balaban J connectivity index is 1.84. The highest BCUT2D eigenvalue weighted by Crippen LogP contribution is 2.23. The molecule has 0 aliphatic carbocycles. The first-order valence-corrected chi connectivity index (χ1v) is 7.63. The van der Waals surface area contributed by atoms with Gasteiger partial charge in [-0.2, -0.15) is 0 Å². The van der Waals surface area contributed by atoms with Crippen LogP contribution in [0.15, 0.2) is 48.9 Å². The van der Waals surface area contributed by atoms with E-state index in [1.54, 1.807) is 53.3 Å². The Morgan fingerprint density at radius 3 is 2.70 bits per heavy atom. The number of carbonyl (C=O) groups is 1. The van der Waals surface area contributed by atoms with Crippen molar-refractivity contribution in [3.8, 4) is 0 Å². The van der Waals surface area contributed by atoms with Crippen LogP contribution in [0, 0.1) is 0 Å². The Morgan fingerprint density at radius 2 is 2.00 bits per heavy atom. The average Bonchev–Trinajstić information content (AvgIpc) is 2.98. The molecule has 0 aliphatic rings. The number of benzene rings is 1. The van der Waals surface area contributed by atoms with Crippen molar-refractivity contribution in [1.29, 1.82) is 0 Å². The molecule has 118 valence electrons. The second kappa shape index (κ2) is 6.58. The quantitative estimate of drug-likeness (QED) is 0.760. The number of imidazole rings is 1. The van der Waals surface area contributed by atoms with E-state index < -0.39 is 6.04 Å². The second-order valence-electron chi connectivity index (χ2n) is 5.02. The van der Waals surface area contributed by atoms with E-state index in [0.717, 1.165) is 5.65 Å². The minimum absolute atomic E-state index is 0.268. The molecule has 3 aromatic rings. The Kier molecular flexibility index (Phi) is 4.52. The van der Waals surface area contributed by atoms with Gasteiger partial charge in [-0.25, -0.2) is 4.98 Å². The Labute approximate surface area is 142 Å². The number of hydrogen-bond donors (Lipinski definition) is 2. The van der Waals surface area contributed by atoms with Crippen LogP contribution in [0.25, 0.3) is 5.65 Å². The number of aliphatic hydroxyl groups is 1. The minimum atomic E-state index is -0.600. The lowest BCUT2D eigenvalue weighted by molar-refractivity contribution is 0.0915. The van der Waals surface area contributed by atoms with E-state index in [0.29, 0.717) is 21.2 Å². The number of carbonyl (C=O) groups excluding carboxylic acids is 1. The van der Waals surface area contributed by atoms with Gasteiger partial charge in [0.2, 0.25) is 0 Å². The molecule has 0 saturated heterocycles. The second-order valence-corrected chi connectivity index (χ2v) is 5.89. The zero-order valence-corrected chi connectivity index (χ0v) is 13.4. The number of nitrogens with zero attached hydrogens (tertiary/aromatic N) is 2. The summed E-state index contributed by atoms with van der Waals surface area (Å²) in [7, 11) is 0. The maximum atomic E-state index is 12.4. The number of aliphatic hydroxyl groups excluding tert-OH is 1. The number of hydrogen-bond acceptors (Lipinski definition) is 3. The van der Waals surface area contributed by atoms with Crippen LogP contribution in [0.1, 0.15) is 22.0 Å². The molecule has 2 N–H and O–H groups in total. The fraction of sp³-hybridized carbons (Fsp3) is 0.125. The molecule has 0 bridgehead atoms. The van der Waals surface area contributed by atoms with Crippen molar-refractivity contribution in [2.45, 2.75) is 6.04 Å². The predicted octanol–water partition coefficient (Wildman–Crippen LogP) is 3.10. The maximum absolute atomic E-state index is 12.4. The van der Waals surface area contributed by atoms with Gasteiger partial charge >= 0.3 is 0 Å². The van der Waals surface area contributed by atoms with Gasteiger partial charge in [0.25, 0.3) is 5.91 Å². The minimum Gasteiger partial charge on any atom is -0.394 e. The van der Waals surface area contributed by atoms with Crippen LogP contribution in [0.3, 0.4) is 0 Å². The zero-order chi connectivity index (χ0) is 16.4. The summed E-state index contributed by atoms with van der Waals surface area (Å²) in [6, 6.07) is 7.74. The first-order valence-electron chi connectivity index (χ1n) is 6.87. The van der Waals surface area contributed by atoms with E-state index in [1.165, 1.54) is 0 Å². The van der Waals surface area contributed by atoms with E-state index in [-0.39, 0.29) is 12.5 Å². The highest BCUT2D eigenvalue weighted by Gasteiger charge is 2.16. The van der Waals surface area contributed by atoms with Crippen LogP contribution in [0.5, 0.6) is 0 Å². The Morgan fingerprint density at radius 1 is 1.26 bits per heavy atom. The topological polar surface area (TPSA) is 66.6 Å². The standard InChI is InChI=1S/C16H13Cl2N3O2/c17-12-5-11(6-13(18)7-12)14(9-22)20-16(23)10-1-2-15-19-3-4-21(15)8-10/h1-8,14,22H,9H2,(H,20,23)/t14-/m1/s1. The van der Waals surface area contributed by atoms with Crippen LogP contribution < -0.4 is 5.32 Å². The van der Waals surface area contributed by atoms with Crippen molar-refractivity contribution in [3.63, 3.8) is 0 Å². The SMILES string of the molecule is O=C(N[C@H](CO)c1cc(Cl)cc(Cl)c1)c1ccc2nccn2c1. The third kappa shape index (κ3) is 3.47.